The molecule has 0 fully saturated rings. The van der Waals surface area contributed by atoms with Crippen molar-refractivity contribution in [1.82, 2.24) is 9.38 Å². The topological polar surface area (TPSA) is 66.6 Å². The third-order valence-electron chi connectivity index (χ3n) is 3.34. The molecule has 0 aliphatic heterocycles. The molecule has 116 valence electrons. The average Bonchev–Trinajstić information content (AvgIpc) is 3.00. The molecule has 3 rings (SSSR count). The second-order valence-electron chi connectivity index (χ2n) is 4.76. The van der Waals surface area contributed by atoms with Gasteiger partial charge in [-0.1, -0.05) is 18.7 Å². The number of carboxylic acid groups (broad SMARTS) is 1. The lowest BCUT2D eigenvalue weighted by Crippen LogP contribution is -2.09. The van der Waals surface area contributed by atoms with E-state index in [9.17, 15) is 18.7 Å². The lowest BCUT2D eigenvalue weighted by molar-refractivity contribution is 0.0697. The van der Waals surface area contributed by atoms with Crippen molar-refractivity contribution < 1.29 is 18.7 Å². The summed E-state index contributed by atoms with van der Waals surface area (Å²) in [5, 5.41) is 11.8. The molecule has 23 heavy (non-hydrogen) atoms. The highest BCUT2D eigenvalue weighted by molar-refractivity contribution is 5.96. The normalized spacial score (nSPS) is 10.7. The summed E-state index contributed by atoms with van der Waals surface area (Å²) in [5.74, 6) is -2.87. The standard InChI is InChI=1S/C16H11F2N3O2/c1-2-9-3-4-12(11(17)7-9)20-14-10(16(22)23)8-21-6-5-19-15(21)13(14)18/h2-8,20H,1H2,(H,22,23). The number of benzene rings is 1. The van der Waals surface area contributed by atoms with Gasteiger partial charge in [-0.2, -0.15) is 0 Å². The van der Waals surface area contributed by atoms with Gasteiger partial charge in [0.25, 0.3) is 0 Å². The van der Waals surface area contributed by atoms with E-state index in [0.717, 1.165) is 0 Å². The molecule has 0 saturated heterocycles. The van der Waals surface area contributed by atoms with Crippen LogP contribution < -0.4 is 5.32 Å². The number of carboxylic acids is 1. The first kappa shape index (κ1) is 14.7. The Morgan fingerprint density at radius 2 is 2.17 bits per heavy atom. The Balaban J connectivity index is 2.15. The second-order valence-corrected chi connectivity index (χ2v) is 4.76. The van der Waals surface area contributed by atoms with Crippen molar-refractivity contribution in [3.8, 4) is 0 Å². The van der Waals surface area contributed by atoms with Gasteiger partial charge in [-0.15, -0.1) is 0 Å². The van der Waals surface area contributed by atoms with Crippen LogP contribution in [0.2, 0.25) is 0 Å². The number of pyridine rings is 1. The zero-order valence-electron chi connectivity index (χ0n) is 11.8. The molecule has 2 heterocycles. The molecular weight excluding hydrogens is 304 g/mol. The number of hydrogen-bond acceptors (Lipinski definition) is 3. The summed E-state index contributed by atoms with van der Waals surface area (Å²) in [6.07, 6.45) is 5.44. The molecule has 2 aromatic heterocycles. The molecule has 7 heteroatoms. The Morgan fingerprint density at radius 3 is 2.83 bits per heavy atom. The summed E-state index contributed by atoms with van der Waals surface area (Å²) < 4.78 is 29.8. The quantitative estimate of drug-likeness (QED) is 0.770. The Morgan fingerprint density at radius 1 is 1.39 bits per heavy atom. The molecule has 0 bridgehead atoms. The highest BCUT2D eigenvalue weighted by Crippen LogP contribution is 2.28. The smallest absolute Gasteiger partial charge is 0.339 e. The molecule has 0 saturated carbocycles. The summed E-state index contributed by atoms with van der Waals surface area (Å²) in [7, 11) is 0. The van der Waals surface area contributed by atoms with Crippen LogP contribution in [0.4, 0.5) is 20.2 Å². The first-order valence-electron chi connectivity index (χ1n) is 6.58. The maximum atomic E-state index is 14.5. The van der Waals surface area contributed by atoms with Gasteiger partial charge in [0, 0.05) is 18.6 Å². The zero-order valence-corrected chi connectivity index (χ0v) is 11.8. The van der Waals surface area contributed by atoms with Gasteiger partial charge in [-0.3, -0.25) is 0 Å². The van der Waals surface area contributed by atoms with Crippen molar-refractivity contribution in [2.75, 3.05) is 5.32 Å². The number of fused-ring (bicyclic) bond motifs is 1. The van der Waals surface area contributed by atoms with Gasteiger partial charge in [-0.05, 0) is 17.7 Å². The molecule has 0 unspecified atom stereocenters. The minimum atomic E-state index is -1.34. The number of anilines is 2. The molecule has 0 aliphatic rings. The Kier molecular flexibility index (Phi) is 3.53. The van der Waals surface area contributed by atoms with Crippen LogP contribution in [0.5, 0.6) is 0 Å². The molecule has 0 aliphatic carbocycles. The summed E-state index contributed by atoms with van der Waals surface area (Å²) in [6.45, 7) is 3.53. The van der Waals surface area contributed by atoms with Crippen LogP contribution in [0.3, 0.4) is 0 Å². The Hall–Kier alpha value is -3.22. The lowest BCUT2D eigenvalue weighted by Gasteiger charge is -2.13. The van der Waals surface area contributed by atoms with Crippen molar-refractivity contribution >= 4 is 29.1 Å². The number of carbonyl (C=O) groups is 1. The zero-order chi connectivity index (χ0) is 16.6. The Labute approximate surface area is 129 Å². The Bertz CT molecular complexity index is 934. The number of aromatic carboxylic acids is 1. The molecule has 0 atom stereocenters. The monoisotopic (exact) mass is 315 g/mol. The SMILES string of the molecule is C=Cc1ccc(Nc2c(C(=O)O)cn3ccnc3c2F)c(F)c1. The van der Waals surface area contributed by atoms with E-state index in [-0.39, 0.29) is 22.6 Å². The molecule has 3 aromatic rings. The van der Waals surface area contributed by atoms with Crippen LogP contribution in [0.25, 0.3) is 11.7 Å². The van der Waals surface area contributed by atoms with Crippen molar-refractivity contribution in [3.63, 3.8) is 0 Å². The summed E-state index contributed by atoms with van der Waals surface area (Å²) >= 11 is 0. The number of nitrogens with zero attached hydrogens (tertiary/aromatic N) is 2. The van der Waals surface area contributed by atoms with Gasteiger partial charge < -0.3 is 14.8 Å². The van der Waals surface area contributed by atoms with E-state index in [1.165, 1.54) is 41.2 Å². The fraction of sp³-hybridized carbons (Fsp3) is 0. The average molecular weight is 315 g/mol. The molecule has 5 nitrogen and oxygen atoms in total. The first-order chi connectivity index (χ1) is 11.0. The van der Waals surface area contributed by atoms with E-state index in [0.29, 0.717) is 5.56 Å². The molecule has 2 N–H and O–H groups in total. The molecule has 0 amide bonds. The van der Waals surface area contributed by atoms with Gasteiger partial charge in [0.2, 0.25) is 0 Å². The number of rotatable bonds is 4. The van der Waals surface area contributed by atoms with Gasteiger partial charge >= 0.3 is 5.97 Å². The lowest BCUT2D eigenvalue weighted by atomic mass is 10.1. The third-order valence-corrected chi connectivity index (χ3v) is 3.34. The number of nitrogens with one attached hydrogen (secondary N) is 1. The second kappa shape index (κ2) is 5.53. The molecule has 0 spiro atoms. The van der Waals surface area contributed by atoms with E-state index in [1.54, 1.807) is 6.07 Å². The van der Waals surface area contributed by atoms with Crippen LogP contribution in [-0.4, -0.2) is 20.5 Å². The number of hydrogen-bond donors (Lipinski definition) is 2. The highest BCUT2D eigenvalue weighted by atomic mass is 19.1. The maximum Gasteiger partial charge on any atom is 0.339 e. The predicted molar refractivity (Wildman–Crippen MR) is 81.9 cm³/mol. The third kappa shape index (κ3) is 2.52. The van der Waals surface area contributed by atoms with E-state index >= 15 is 0 Å². The number of halogens is 2. The fourth-order valence-corrected chi connectivity index (χ4v) is 2.20. The van der Waals surface area contributed by atoms with Crippen LogP contribution in [0, 0.1) is 11.6 Å². The number of imidazole rings is 1. The minimum absolute atomic E-state index is 0.0482. The maximum absolute atomic E-state index is 14.5. The predicted octanol–water partition coefficient (Wildman–Crippen LogP) is 3.70. The molecule has 0 radical (unpaired) electrons. The van der Waals surface area contributed by atoms with E-state index in [2.05, 4.69) is 16.9 Å². The molecule has 1 aromatic carbocycles. The van der Waals surface area contributed by atoms with Gasteiger partial charge in [0.05, 0.1) is 11.4 Å². The van der Waals surface area contributed by atoms with Crippen molar-refractivity contribution in [2.45, 2.75) is 0 Å². The van der Waals surface area contributed by atoms with Crippen LogP contribution in [-0.2, 0) is 0 Å². The van der Waals surface area contributed by atoms with E-state index in [1.807, 2.05) is 0 Å². The number of aromatic nitrogens is 2. The largest absolute Gasteiger partial charge is 0.478 e. The highest BCUT2D eigenvalue weighted by Gasteiger charge is 2.20. The van der Waals surface area contributed by atoms with Crippen molar-refractivity contribution in [3.05, 3.63) is 66.1 Å². The van der Waals surface area contributed by atoms with E-state index in [4.69, 9.17) is 0 Å². The van der Waals surface area contributed by atoms with Crippen molar-refractivity contribution in [2.24, 2.45) is 0 Å². The van der Waals surface area contributed by atoms with Gasteiger partial charge in [0.15, 0.2) is 11.5 Å². The van der Waals surface area contributed by atoms with E-state index < -0.39 is 17.6 Å². The minimum Gasteiger partial charge on any atom is -0.478 e. The van der Waals surface area contributed by atoms with Gasteiger partial charge in [0.1, 0.15) is 11.4 Å². The summed E-state index contributed by atoms with van der Waals surface area (Å²) in [5.41, 5.74) is -0.231. The summed E-state index contributed by atoms with van der Waals surface area (Å²) in [6, 6.07) is 4.17. The van der Waals surface area contributed by atoms with Crippen molar-refractivity contribution in [1.29, 1.82) is 0 Å². The summed E-state index contributed by atoms with van der Waals surface area (Å²) in [4.78, 5) is 15.2. The van der Waals surface area contributed by atoms with Crippen LogP contribution in [0.1, 0.15) is 15.9 Å². The fourth-order valence-electron chi connectivity index (χ4n) is 2.20. The molecular formula is C16H11F2N3O2. The first-order valence-corrected chi connectivity index (χ1v) is 6.58. The van der Waals surface area contributed by atoms with Gasteiger partial charge in [-0.25, -0.2) is 18.6 Å². The van der Waals surface area contributed by atoms with Crippen LogP contribution >= 0.6 is 0 Å². The van der Waals surface area contributed by atoms with Crippen LogP contribution in [0.15, 0.2) is 43.4 Å².